The van der Waals surface area contributed by atoms with Gasteiger partial charge in [0.15, 0.2) is 6.10 Å². The first-order valence-corrected chi connectivity index (χ1v) is 9.28. The van der Waals surface area contributed by atoms with Crippen LogP contribution in [0.4, 0.5) is 0 Å². The molecule has 5 heteroatoms. The second-order valence-corrected chi connectivity index (χ2v) is 7.07. The minimum Gasteiger partial charge on any atom is -0.479 e. The van der Waals surface area contributed by atoms with Crippen molar-refractivity contribution in [1.82, 2.24) is 4.90 Å². The molecule has 1 heterocycles. The molecule has 0 spiro atoms. The minimum atomic E-state index is -1.02. The summed E-state index contributed by atoms with van der Waals surface area (Å²) in [4.78, 5) is 25.9. The smallest absolute Gasteiger partial charge is 0.334 e. The lowest BCUT2D eigenvalue weighted by Gasteiger charge is -2.35. The molecule has 1 N–H and O–H groups in total. The summed E-state index contributed by atoms with van der Waals surface area (Å²) in [5, 5.41) is 9.25. The Labute approximate surface area is 159 Å². The fourth-order valence-electron chi connectivity index (χ4n) is 3.56. The van der Waals surface area contributed by atoms with Crippen LogP contribution in [0, 0.1) is 0 Å². The number of ether oxygens (including phenoxy) is 1. The van der Waals surface area contributed by atoms with Gasteiger partial charge in [0, 0.05) is 13.0 Å². The molecule has 2 aromatic rings. The molecule has 0 saturated carbocycles. The first kappa shape index (κ1) is 19.1. The van der Waals surface area contributed by atoms with E-state index in [9.17, 15) is 14.7 Å². The Balaban J connectivity index is 1.75. The molecule has 142 valence electrons. The highest BCUT2D eigenvalue weighted by atomic mass is 16.5. The zero-order valence-electron chi connectivity index (χ0n) is 15.5. The van der Waals surface area contributed by atoms with Gasteiger partial charge in [-0.05, 0) is 30.4 Å². The summed E-state index contributed by atoms with van der Waals surface area (Å²) in [6, 6.07) is 20.1. The summed E-state index contributed by atoms with van der Waals surface area (Å²) < 4.78 is 5.42. The zero-order chi connectivity index (χ0) is 19.2. The number of morpholine rings is 1. The van der Waals surface area contributed by atoms with Gasteiger partial charge in [-0.2, -0.15) is 0 Å². The number of hydrogen-bond acceptors (Lipinski definition) is 3. The van der Waals surface area contributed by atoms with Crippen molar-refractivity contribution in [1.29, 1.82) is 0 Å². The van der Waals surface area contributed by atoms with Crippen LogP contribution in [0.15, 0.2) is 60.7 Å². The molecular weight excluding hydrogens is 342 g/mol. The van der Waals surface area contributed by atoms with Crippen LogP contribution in [0.1, 0.15) is 30.4 Å². The van der Waals surface area contributed by atoms with Crippen LogP contribution < -0.4 is 0 Å². The fourth-order valence-corrected chi connectivity index (χ4v) is 3.56. The number of carboxylic acid groups (broad SMARTS) is 1. The maximum Gasteiger partial charge on any atom is 0.334 e. The number of benzene rings is 2. The lowest BCUT2D eigenvalue weighted by Crippen LogP contribution is -2.52. The van der Waals surface area contributed by atoms with Crippen molar-refractivity contribution in [3.8, 4) is 0 Å². The second-order valence-electron chi connectivity index (χ2n) is 7.07. The summed E-state index contributed by atoms with van der Waals surface area (Å²) in [6.45, 7) is 2.33. The van der Waals surface area contributed by atoms with E-state index in [1.54, 1.807) is 11.8 Å². The molecule has 0 bridgehead atoms. The number of carboxylic acids is 1. The van der Waals surface area contributed by atoms with Crippen LogP contribution in [0.2, 0.25) is 0 Å². The maximum atomic E-state index is 13.0. The average molecular weight is 367 g/mol. The van der Waals surface area contributed by atoms with Gasteiger partial charge in [-0.1, -0.05) is 60.7 Å². The van der Waals surface area contributed by atoms with Crippen LogP contribution in [0.25, 0.3) is 0 Å². The van der Waals surface area contributed by atoms with E-state index in [2.05, 4.69) is 12.1 Å². The molecule has 27 heavy (non-hydrogen) atoms. The Kier molecular flexibility index (Phi) is 6.24. The molecule has 0 radical (unpaired) electrons. The molecule has 2 aromatic carbocycles. The van der Waals surface area contributed by atoms with Crippen LogP contribution in [-0.2, 0) is 20.7 Å². The summed E-state index contributed by atoms with van der Waals surface area (Å²) in [5.74, 6) is -1.01. The van der Waals surface area contributed by atoms with E-state index in [-0.39, 0.29) is 24.5 Å². The van der Waals surface area contributed by atoms with E-state index < -0.39 is 12.1 Å². The molecule has 1 aliphatic heterocycles. The average Bonchev–Trinajstić information content (AvgIpc) is 2.68. The number of carbonyl (C=O) groups is 2. The van der Waals surface area contributed by atoms with Crippen LogP contribution >= 0.6 is 0 Å². The van der Waals surface area contributed by atoms with Crippen molar-refractivity contribution < 1.29 is 19.4 Å². The number of nitrogens with zero attached hydrogens (tertiary/aromatic N) is 1. The number of amides is 1. The van der Waals surface area contributed by atoms with Gasteiger partial charge in [-0.3, -0.25) is 4.79 Å². The summed E-state index contributed by atoms with van der Waals surface area (Å²) in [6.07, 6.45) is -0.133. The van der Waals surface area contributed by atoms with Crippen molar-refractivity contribution in [3.63, 3.8) is 0 Å². The number of carbonyl (C=O) groups excluding carboxylic acids is 1. The van der Waals surface area contributed by atoms with Crippen molar-refractivity contribution in [2.75, 3.05) is 13.1 Å². The SMILES string of the molecule is C[C@@H]1CN(C(=O)CC(Cc2ccccc2)c2ccccc2)CC(C(=O)O)O1. The summed E-state index contributed by atoms with van der Waals surface area (Å²) in [5.41, 5.74) is 2.30. The topological polar surface area (TPSA) is 66.8 Å². The number of aliphatic carboxylic acids is 1. The maximum absolute atomic E-state index is 13.0. The Bertz CT molecular complexity index is 762. The molecule has 2 unspecified atom stereocenters. The lowest BCUT2D eigenvalue weighted by molar-refractivity contribution is -0.166. The second kappa shape index (κ2) is 8.82. The third-order valence-corrected chi connectivity index (χ3v) is 4.91. The van der Waals surface area contributed by atoms with Crippen molar-refractivity contribution >= 4 is 11.9 Å². The van der Waals surface area contributed by atoms with Crippen LogP contribution in [0.5, 0.6) is 0 Å². The zero-order valence-corrected chi connectivity index (χ0v) is 15.5. The first-order chi connectivity index (χ1) is 13.0. The molecule has 1 aliphatic rings. The van der Waals surface area contributed by atoms with Gasteiger partial charge in [-0.25, -0.2) is 4.79 Å². The molecule has 0 aromatic heterocycles. The monoisotopic (exact) mass is 367 g/mol. The van der Waals surface area contributed by atoms with Crippen molar-refractivity contribution in [2.24, 2.45) is 0 Å². The number of hydrogen-bond donors (Lipinski definition) is 1. The highest BCUT2D eigenvalue weighted by Crippen LogP contribution is 2.26. The fraction of sp³-hybridized carbons (Fsp3) is 0.364. The Morgan fingerprint density at radius 2 is 1.70 bits per heavy atom. The van der Waals surface area contributed by atoms with E-state index in [4.69, 9.17) is 4.74 Å². The van der Waals surface area contributed by atoms with Gasteiger partial charge < -0.3 is 14.7 Å². The van der Waals surface area contributed by atoms with Gasteiger partial charge in [0.2, 0.25) is 5.91 Å². The molecule has 1 saturated heterocycles. The lowest BCUT2D eigenvalue weighted by atomic mass is 9.88. The quantitative estimate of drug-likeness (QED) is 0.852. The molecular formula is C22H25NO4. The summed E-state index contributed by atoms with van der Waals surface area (Å²) in [7, 11) is 0. The first-order valence-electron chi connectivity index (χ1n) is 9.28. The molecule has 1 amide bonds. The van der Waals surface area contributed by atoms with Crippen molar-refractivity contribution in [3.05, 3.63) is 71.8 Å². The minimum absolute atomic E-state index is 0.0267. The molecule has 3 rings (SSSR count). The predicted octanol–water partition coefficient (Wildman–Crippen LogP) is 3.10. The standard InChI is InChI=1S/C22H25NO4/c1-16-14-23(15-20(27-16)22(25)26)21(24)13-19(18-10-6-3-7-11-18)12-17-8-4-2-5-9-17/h2-11,16,19-20H,12-15H2,1H3,(H,25,26)/t16-,19?,20?/m1/s1. The van der Waals surface area contributed by atoms with Crippen molar-refractivity contribution in [2.45, 2.75) is 37.9 Å². The van der Waals surface area contributed by atoms with E-state index in [0.29, 0.717) is 13.0 Å². The highest BCUT2D eigenvalue weighted by molar-refractivity contribution is 5.79. The van der Waals surface area contributed by atoms with Crippen LogP contribution in [-0.4, -0.2) is 47.2 Å². The Morgan fingerprint density at radius 3 is 2.33 bits per heavy atom. The highest BCUT2D eigenvalue weighted by Gasteiger charge is 2.33. The Hall–Kier alpha value is -2.66. The van der Waals surface area contributed by atoms with Gasteiger partial charge in [-0.15, -0.1) is 0 Å². The van der Waals surface area contributed by atoms with Gasteiger partial charge in [0.05, 0.1) is 12.6 Å². The summed E-state index contributed by atoms with van der Waals surface area (Å²) >= 11 is 0. The molecule has 5 nitrogen and oxygen atoms in total. The molecule has 3 atom stereocenters. The van der Waals surface area contributed by atoms with E-state index in [1.165, 1.54) is 5.56 Å². The van der Waals surface area contributed by atoms with E-state index in [1.807, 2.05) is 48.5 Å². The molecule has 0 aliphatic carbocycles. The largest absolute Gasteiger partial charge is 0.479 e. The van der Waals surface area contributed by atoms with Gasteiger partial charge in [0.25, 0.3) is 0 Å². The third-order valence-electron chi connectivity index (χ3n) is 4.91. The van der Waals surface area contributed by atoms with E-state index >= 15 is 0 Å². The molecule has 1 fully saturated rings. The third kappa shape index (κ3) is 5.17. The van der Waals surface area contributed by atoms with E-state index in [0.717, 1.165) is 12.0 Å². The van der Waals surface area contributed by atoms with Gasteiger partial charge >= 0.3 is 5.97 Å². The predicted molar refractivity (Wildman–Crippen MR) is 102 cm³/mol. The van der Waals surface area contributed by atoms with Crippen LogP contribution in [0.3, 0.4) is 0 Å². The normalized spacial score (nSPS) is 20.9. The number of rotatable bonds is 6. The van der Waals surface area contributed by atoms with Gasteiger partial charge in [0.1, 0.15) is 0 Å². The Morgan fingerprint density at radius 1 is 1.07 bits per heavy atom.